The van der Waals surface area contributed by atoms with E-state index < -0.39 is 6.29 Å². The zero-order chi connectivity index (χ0) is 20.1. The molecule has 4 heterocycles. The van der Waals surface area contributed by atoms with Crippen molar-refractivity contribution in [1.82, 2.24) is 9.88 Å². The zero-order valence-electron chi connectivity index (χ0n) is 17.1. The highest BCUT2D eigenvalue weighted by molar-refractivity contribution is 5.85. The van der Waals surface area contributed by atoms with Gasteiger partial charge in [-0.05, 0) is 55.2 Å². The molecule has 6 nitrogen and oxygen atoms in total. The smallest absolute Gasteiger partial charge is 0.233 e. The Morgan fingerprint density at radius 3 is 2.90 bits per heavy atom. The minimum Gasteiger partial charge on any atom is -0.497 e. The molecule has 6 heteroatoms. The highest BCUT2D eigenvalue weighted by Gasteiger charge is 2.52. The van der Waals surface area contributed by atoms with Gasteiger partial charge in [0.1, 0.15) is 11.7 Å². The van der Waals surface area contributed by atoms with Crippen LogP contribution in [0.25, 0.3) is 10.9 Å². The van der Waals surface area contributed by atoms with Gasteiger partial charge >= 0.3 is 0 Å². The Kier molecular flexibility index (Phi) is 4.46. The molecule has 152 valence electrons. The molecule has 4 atom stereocenters. The fraction of sp³-hybridized carbons (Fsp3) is 0.478. The number of carbonyl (C=O) groups is 1. The summed E-state index contributed by atoms with van der Waals surface area (Å²) in [6.07, 6.45) is 3.05. The number of fused-ring (bicyclic) bond motifs is 5. The second-order valence-electron chi connectivity index (χ2n) is 7.95. The van der Waals surface area contributed by atoms with E-state index in [-0.39, 0.29) is 23.8 Å². The minimum absolute atomic E-state index is 0.0144. The number of allylic oxidation sites excluding steroid dienone is 1. The van der Waals surface area contributed by atoms with Crippen molar-refractivity contribution in [1.29, 1.82) is 0 Å². The van der Waals surface area contributed by atoms with Crippen LogP contribution in [0.3, 0.4) is 0 Å². The van der Waals surface area contributed by atoms with E-state index >= 15 is 0 Å². The molecule has 0 spiro atoms. The SMILES string of the molecule is CCOC1OC=C(CC)C2CC3c4nc5ccc(OC)cc5cc4CN3C(=O)C12. The Hall–Kier alpha value is -2.60. The van der Waals surface area contributed by atoms with Crippen molar-refractivity contribution < 1.29 is 19.0 Å². The van der Waals surface area contributed by atoms with Crippen LogP contribution in [0.15, 0.2) is 36.1 Å². The Morgan fingerprint density at radius 2 is 2.14 bits per heavy atom. The Balaban J connectivity index is 1.55. The topological polar surface area (TPSA) is 60.9 Å². The average Bonchev–Trinajstić information content (AvgIpc) is 3.10. The molecule has 3 aliphatic rings. The number of amides is 1. The molecule has 2 aromatic rings. The summed E-state index contributed by atoms with van der Waals surface area (Å²) >= 11 is 0. The van der Waals surface area contributed by atoms with Gasteiger partial charge in [-0.3, -0.25) is 9.78 Å². The van der Waals surface area contributed by atoms with Gasteiger partial charge < -0.3 is 19.1 Å². The lowest BCUT2D eigenvalue weighted by Crippen LogP contribution is -2.52. The van der Waals surface area contributed by atoms with Crippen LogP contribution in [-0.4, -0.2) is 35.8 Å². The van der Waals surface area contributed by atoms with E-state index in [1.807, 2.05) is 36.3 Å². The van der Waals surface area contributed by atoms with Gasteiger partial charge in [0.15, 0.2) is 0 Å². The van der Waals surface area contributed by atoms with E-state index in [1.54, 1.807) is 7.11 Å². The number of nitrogens with zero attached hydrogens (tertiary/aromatic N) is 2. The molecule has 1 fully saturated rings. The van der Waals surface area contributed by atoms with Crippen molar-refractivity contribution in [2.24, 2.45) is 11.8 Å². The highest BCUT2D eigenvalue weighted by atomic mass is 16.7. The normalized spacial score (nSPS) is 27.8. The van der Waals surface area contributed by atoms with E-state index in [9.17, 15) is 4.79 Å². The summed E-state index contributed by atoms with van der Waals surface area (Å²) in [5, 5.41) is 1.04. The van der Waals surface area contributed by atoms with Crippen LogP contribution in [-0.2, 0) is 20.8 Å². The van der Waals surface area contributed by atoms with Crippen molar-refractivity contribution in [2.45, 2.75) is 45.6 Å². The van der Waals surface area contributed by atoms with E-state index in [1.165, 1.54) is 5.57 Å². The summed E-state index contributed by atoms with van der Waals surface area (Å²) < 4.78 is 17.0. The zero-order valence-corrected chi connectivity index (χ0v) is 17.1. The van der Waals surface area contributed by atoms with Crippen molar-refractivity contribution in [3.8, 4) is 5.75 Å². The van der Waals surface area contributed by atoms with Crippen LogP contribution in [0.1, 0.15) is 44.0 Å². The van der Waals surface area contributed by atoms with Gasteiger partial charge in [0, 0.05) is 24.5 Å². The number of piperidine rings is 1. The predicted molar refractivity (Wildman–Crippen MR) is 108 cm³/mol. The van der Waals surface area contributed by atoms with Crippen molar-refractivity contribution in [2.75, 3.05) is 13.7 Å². The van der Waals surface area contributed by atoms with E-state index in [0.717, 1.165) is 40.8 Å². The molecular weight excluding hydrogens is 368 g/mol. The minimum atomic E-state index is -0.506. The summed E-state index contributed by atoms with van der Waals surface area (Å²) in [7, 11) is 1.67. The molecule has 0 saturated carbocycles. The summed E-state index contributed by atoms with van der Waals surface area (Å²) in [6.45, 7) is 5.16. The first kappa shape index (κ1) is 18.4. The van der Waals surface area contributed by atoms with Gasteiger partial charge in [-0.1, -0.05) is 6.92 Å². The number of benzene rings is 1. The van der Waals surface area contributed by atoms with Gasteiger partial charge in [-0.25, -0.2) is 0 Å². The summed E-state index contributed by atoms with van der Waals surface area (Å²) in [4.78, 5) is 20.5. The first-order chi connectivity index (χ1) is 14.1. The van der Waals surface area contributed by atoms with E-state index in [4.69, 9.17) is 19.2 Å². The summed E-state index contributed by atoms with van der Waals surface area (Å²) in [6, 6.07) is 8.09. The predicted octanol–water partition coefficient (Wildman–Crippen LogP) is 3.95. The monoisotopic (exact) mass is 394 g/mol. The lowest BCUT2D eigenvalue weighted by atomic mass is 9.75. The average molecular weight is 394 g/mol. The molecule has 1 amide bonds. The third kappa shape index (κ3) is 2.81. The van der Waals surface area contributed by atoms with Crippen molar-refractivity contribution >= 4 is 16.8 Å². The maximum absolute atomic E-state index is 13.5. The lowest BCUT2D eigenvalue weighted by Gasteiger charge is -2.45. The molecule has 1 saturated heterocycles. The van der Waals surface area contributed by atoms with Gasteiger partial charge in [0.05, 0.1) is 30.6 Å². The summed E-state index contributed by atoms with van der Waals surface area (Å²) in [5.74, 6) is 0.781. The largest absolute Gasteiger partial charge is 0.497 e. The van der Waals surface area contributed by atoms with Crippen LogP contribution in [0.5, 0.6) is 5.75 Å². The van der Waals surface area contributed by atoms with Crippen LogP contribution in [0.2, 0.25) is 0 Å². The molecule has 3 aliphatic heterocycles. The number of pyridine rings is 1. The molecule has 0 N–H and O–H groups in total. The first-order valence-corrected chi connectivity index (χ1v) is 10.4. The second-order valence-corrected chi connectivity index (χ2v) is 7.95. The molecule has 29 heavy (non-hydrogen) atoms. The third-order valence-electron chi connectivity index (χ3n) is 6.51. The van der Waals surface area contributed by atoms with Crippen LogP contribution >= 0.6 is 0 Å². The van der Waals surface area contributed by atoms with Gasteiger partial charge in [-0.15, -0.1) is 0 Å². The summed E-state index contributed by atoms with van der Waals surface area (Å²) in [5.41, 5.74) is 4.28. The van der Waals surface area contributed by atoms with Crippen molar-refractivity contribution in [3.05, 3.63) is 47.4 Å². The molecular formula is C23H26N2O4. The third-order valence-corrected chi connectivity index (χ3v) is 6.51. The molecule has 5 rings (SSSR count). The number of rotatable bonds is 4. The molecule has 1 aromatic carbocycles. The standard InChI is InChI=1S/C23H26N2O4/c1-4-13-12-29-23(28-5-2)20-17(13)10-19-21-15(11-25(19)22(20)26)8-14-9-16(27-3)6-7-18(14)24-21/h6-9,12,17,19-20,23H,4-5,10-11H2,1-3H3. The van der Waals surface area contributed by atoms with Crippen LogP contribution in [0.4, 0.5) is 0 Å². The molecule has 0 radical (unpaired) electrons. The van der Waals surface area contributed by atoms with E-state index in [2.05, 4.69) is 13.0 Å². The fourth-order valence-electron chi connectivity index (χ4n) is 5.09. The number of hydrogen-bond acceptors (Lipinski definition) is 5. The van der Waals surface area contributed by atoms with Gasteiger partial charge in [-0.2, -0.15) is 0 Å². The molecule has 1 aromatic heterocycles. The Labute approximate surface area is 170 Å². The Morgan fingerprint density at radius 1 is 1.28 bits per heavy atom. The molecule has 0 bridgehead atoms. The first-order valence-electron chi connectivity index (χ1n) is 10.4. The number of carbonyl (C=O) groups excluding carboxylic acids is 1. The highest BCUT2D eigenvalue weighted by Crippen LogP contribution is 2.49. The Bertz CT molecular complexity index is 1000. The maximum atomic E-state index is 13.5. The molecule has 4 unspecified atom stereocenters. The quantitative estimate of drug-likeness (QED) is 0.786. The van der Waals surface area contributed by atoms with E-state index in [0.29, 0.717) is 13.2 Å². The van der Waals surface area contributed by atoms with Gasteiger partial charge in [0.25, 0.3) is 0 Å². The van der Waals surface area contributed by atoms with Crippen LogP contribution < -0.4 is 4.74 Å². The fourth-order valence-corrected chi connectivity index (χ4v) is 5.09. The number of hydrogen-bond donors (Lipinski definition) is 0. The number of methoxy groups -OCH3 is 1. The lowest BCUT2D eigenvalue weighted by molar-refractivity contribution is -0.188. The van der Waals surface area contributed by atoms with Crippen LogP contribution in [0, 0.1) is 11.8 Å². The number of ether oxygens (including phenoxy) is 3. The van der Waals surface area contributed by atoms with Crippen molar-refractivity contribution in [3.63, 3.8) is 0 Å². The number of aromatic nitrogens is 1. The van der Waals surface area contributed by atoms with Gasteiger partial charge in [0.2, 0.25) is 12.2 Å². The second kappa shape index (κ2) is 7.02. The maximum Gasteiger partial charge on any atom is 0.233 e. The molecule has 0 aliphatic carbocycles.